The molecule has 25 heavy (non-hydrogen) atoms. The fourth-order valence-corrected chi connectivity index (χ4v) is 2.68. The van der Waals surface area contributed by atoms with Crippen LogP contribution in [0.4, 0.5) is 4.79 Å². The van der Waals surface area contributed by atoms with E-state index in [1.54, 1.807) is 28.9 Å². The van der Waals surface area contributed by atoms with E-state index in [1.165, 1.54) is 12.1 Å². The Kier molecular flexibility index (Phi) is 6.35. The second-order valence-electron chi connectivity index (χ2n) is 5.82. The summed E-state index contributed by atoms with van der Waals surface area (Å²) in [6.45, 7) is 3.75. The zero-order valence-electron chi connectivity index (χ0n) is 14.2. The maximum atomic E-state index is 12.5. The number of rotatable bonds is 5. The first-order valence-electron chi connectivity index (χ1n) is 8.20. The number of ether oxygens (including phenoxy) is 1. The van der Waals surface area contributed by atoms with Crippen molar-refractivity contribution in [2.75, 3.05) is 32.8 Å². The number of carbonyl (C=O) groups excluding carboxylic acids is 2. The van der Waals surface area contributed by atoms with Crippen molar-refractivity contribution in [2.24, 2.45) is 5.73 Å². The molecule has 1 atom stereocenters. The van der Waals surface area contributed by atoms with E-state index in [0.717, 1.165) is 5.56 Å². The maximum Gasteiger partial charge on any atom is 0.409 e. The van der Waals surface area contributed by atoms with Gasteiger partial charge in [0.05, 0.1) is 18.2 Å². The molecule has 0 aliphatic carbocycles. The van der Waals surface area contributed by atoms with E-state index >= 15 is 0 Å². The van der Waals surface area contributed by atoms with E-state index < -0.39 is 12.0 Å². The number of aromatic carboxylic acids is 1. The molecule has 0 saturated carbocycles. The van der Waals surface area contributed by atoms with Gasteiger partial charge in [0, 0.05) is 26.2 Å². The molecule has 2 rings (SSSR count). The molecule has 1 aromatic rings. The van der Waals surface area contributed by atoms with E-state index in [-0.39, 0.29) is 17.6 Å². The van der Waals surface area contributed by atoms with Crippen LogP contribution in [0.2, 0.25) is 0 Å². The number of amides is 2. The second-order valence-corrected chi connectivity index (χ2v) is 5.82. The zero-order valence-corrected chi connectivity index (χ0v) is 14.2. The monoisotopic (exact) mass is 349 g/mol. The van der Waals surface area contributed by atoms with Gasteiger partial charge in [-0.25, -0.2) is 9.59 Å². The lowest BCUT2D eigenvalue weighted by Gasteiger charge is -2.35. The van der Waals surface area contributed by atoms with Crippen molar-refractivity contribution in [1.29, 1.82) is 0 Å². The van der Waals surface area contributed by atoms with Crippen molar-refractivity contribution in [3.05, 3.63) is 35.4 Å². The number of carbonyl (C=O) groups is 3. The maximum absolute atomic E-state index is 12.5. The quantitative estimate of drug-likeness (QED) is 0.803. The van der Waals surface area contributed by atoms with Crippen LogP contribution in [0.15, 0.2) is 24.3 Å². The number of nitrogens with two attached hydrogens (primary N) is 1. The third-order valence-electron chi connectivity index (χ3n) is 4.09. The highest BCUT2D eigenvalue weighted by molar-refractivity contribution is 5.87. The number of carboxylic acid groups (broad SMARTS) is 1. The Hall–Kier alpha value is -2.61. The first kappa shape index (κ1) is 18.7. The van der Waals surface area contributed by atoms with Crippen LogP contribution < -0.4 is 5.73 Å². The summed E-state index contributed by atoms with van der Waals surface area (Å²) in [6, 6.07) is 5.61. The Balaban J connectivity index is 1.86. The van der Waals surface area contributed by atoms with Crippen molar-refractivity contribution in [3.8, 4) is 0 Å². The Morgan fingerprint density at radius 1 is 1.12 bits per heavy atom. The van der Waals surface area contributed by atoms with E-state index in [9.17, 15) is 14.4 Å². The third kappa shape index (κ3) is 4.93. The predicted molar refractivity (Wildman–Crippen MR) is 90.3 cm³/mol. The summed E-state index contributed by atoms with van der Waals surface area (Å²) in [4.78, 5) is 38.2. The Bertz CT molecular complexity index is 624. The predicted octanol–water partition coefficient (Wildman–Crippen LogP) is 0.555. The van der Waals surface area contributed by atoms with Crippen LogP contribution in [0.3, 0.4) is 0 Å². The lowest BCUT2D eigenvalue weighted by molar-refractivity contribution is -0.134. The molecule has 0 unspecified atom stereocenters. The van der Waals surface area contributed by atoms with E-state index in [1.807, 2.05) is 0 Å². The zero-order chi connectivity index (χ0) is 18.4. The van der Waals surface area contributed by atoms with Gasteiger partial charge in [-0.05, 0) is 31.0 Å². The Morgan fingerprint density at radius 3 is 2.20 bits per heavy atom. The fourth-order valence-electron chi connectivity index (χ4n) is 2.68. The highest BCUT2D eigenvalue weighted by atomic mass is 16.6. The molecular formula is C17H23N3O5. The van der Waals surface area contributed by atoms with Crippen LogP contribution in [0.1, 0.15) is 22.8 Å². The van der Waals surface area contributed by atoms with Gasteiger partial charge in [-0.3, -0.25) is 4.79 Å². The smallest absolute Gasteiger partial charge is 0.409 e. The molecule has 1 fully saturated rings. The first-order valence-corrected chi connectivity index (χ1v) is 8.20. The molecule has 1 heterocycles. The number of hydrogen-bond acceptors (Lipinski definition) is 5. The summed E-state index contributed by atoms with van der Waals surface area (Å²) < 4.78 is 4.95. The van der Waals surface area contributed by atoms with Crippen LogP contribution in [0, 0.1) is 0 Å². The fraction of sp³-hybridized carbons (Fsp3) is 0.471. The highest BCUT2D eigenvalue weighted by Gasteiger charge is 2.27. The summed E-state index contributed by atoms with van der Waals surface area (Å²) in [5.74, 6) is -1.17. The summed E-state index contributed by atoms with van der Waals surface area (Å²) in [5, 5.41) is 8.89. The summed E-state index contributed by atoms with van der Waals surface area (Å²) >= 11 is 0. The lowest BCUT2D eigenvalue weighted by Crippen LogP contribution is -2.54. The number of carboxylic acids is 1. The van der Waals surface area contributed by atoms with Crippen LogP contribution in [0.5, 0.6) is 0 Å². The molecule has 1 saturated heterocycles. The molecule has 3 N–H and O–H groups in total. The number of piperazine rings is 1. The van der Waals surface area contributed by atoms with Gasteiger partial charge in [-0.1, -0.05) is 12.1 Å². The molecule has 136 valence electrons. The van der Waals surface area contributed by atoms with Crippen LogP contribution >= 0.6 is 0 Å². The molecule has 0 aromatic heterocycles. The van der Waals surface area contributed by atoms with Gasteiger partial charge >= 0.3 is 12.1 Å². The topological polar surface area (TPSA) is 113 Å². The minimum atomic E-state index is -0.994. The average Bonchev–Trinajstić information content (AvgIpc) is 2.61. The van der Waals surface area contributed by atoms with Crippen LogP contribution in [0.25, 0.3) is 0 Å². The van der Waals surface area contributed by atoms with E-state index in [0.29, 0.717) is 39.2 Å². The van der Waals surface area contributed by atoms with Crippen LogP contribution in [-0.2, 0) is 16.0 Å². The summed E-state index contributed by atoms with van der Waals surface area (Å²) in [5.41, 5.74) is 7.00. The molecule has 0 bridgehead atoms. The normalized spacial score (nSPS) is 15.6. The van der Waals surface area contributed by atoms with Crippen LogP contribution in [-0.4, -0.2) is 71.7 Å². The molecule has 1 aliphatic heterocycles. The van der Waals surface area contributed by atoms with Crippen molar-refractivity contribution in [1.82, 2.24) is 9.80 Å². The van der Waals surface area contributed by atoms with Gasteiger partial charge in [0.1, 0.15) is 0 Å². The highest BCUT2D eigenvalue weighted by Crippen LogP contribution is 2.10. The molecule has 1 aromatic carbocycles. The molecule has 8 nitrogen and oxygen atoms in total. The van der Waals surface area contributed by atoms with Crippen molar-refractivity contribution < 1.29 is 24.2 Å². The Labute approximate surface area is 146 Å². The minimum absolute atomic E-state index is 0.175. The van der Waals surface area contributed by atoms with Gasteiger partial charge in [0.15, 0.2) is 0 Å². The van der Waals surface area contributed by atoms with Gasteiger partial charge in [-0.15, -0.1) is 0 Å². The molecule has 2 amide bonds. The average molecular weight is 349 g/mol. The SMILES string of the molecule is CCOC(=O)N1CCN(C(=O)[C@@H](N)Cc2ccc(C(=O)O)cc2)CC1. The van der Waals surface area contributed by atoms with Gasteiger partial charge in [0.25, 0.3) is 0 Å². The van der Waals surface area contributed by atoms with Gasteiger partial charge < -0.3 is 25.4 Å². The molecule has 1 aliphatic rings. The van der Waals surface area contributed by atoms with E-state index in [4.69, 9.17) is 15.6 Å². The molecule has 8 heteroatoms. The minimum Gasteiger partial charge on any atom is -0.478 e. The van der Waals surface area contributed by atoms with Crippen molar-refractivity contribution in [2.45, 2.75) is 19.4 Å². The van der Waals surface area contributed by atoms with Crippen molar-refractivity contribution >= 4 is 18.0 Å². The van der Waals surface area contributed by atoms with Gasteiger partial charge in [0.2, 0.25) is 5.91 Å². The molecule has 0 radical (unpaired) electrons. The van der Waals surface area contributed by atoms with Gasteiger partial charge in [-0.2, -0.15) is 0 Å². The third-order valence-corrected chi connectivity index (χ3v) is 4.09. The Morgan fingerprint density at radius 2 is 1.68 bits per heavy atom. The van der Waals surface area contributed by atoms with E-state index in [2.05, 4.69) is 0 Å². The largest absolute Gasteiger partial charge is 0.478 e. The lowest BCUT2D eigenvalue weighted by atomic mass is 10.0. The second kappa shape index (κ2) is 8.48. The standard InChI is InChI=1S/C17H23N3O5/c1-2-25-17(24)20-9-7-19(8-10-20)15(21)14(18)11-12-3-5-13(6-4-12)16(22)23/h3-6,14H,2,7-11,18H2,1H3,(H,22,23)/t14-/m0/s1. The summed E-state index contributed by atoms with van der Waals surface area (Å²) in [7, 11) is 0. The molecule has 0 spiro atoms. The number of nitrogens with zero attached hydrogens (tertiary/aromatic N) is 2. The number of hydrogen-bond donors (Lipinski definition) is 2. The first-order chi connectivity index (χ1) is 11.9. The number of benzene rings is 1. The molecular weight excluding hydrogens is 326 g/mol. The summed E-state index contributed by atoms with van der Waals surface area (Å²) in [6.07, 6.45) is -0.0333. The van der Waals surface area contributed by atoms with Crippen molar-refractivity contribution in [3.63, 3.8) is 0 Å².